The quantitative estimate of drug-likeness (QED) is 0.349. The molecule has 216 valence electrons. The second-order valence-electron chi connectivity index (χ2n) is 9.65. The molecule has 2 aliphatic heterocycles. The van der Waals surface area contributed by atoms with Crippen molar-refractivity contribution >= 4 is 31.6 Å². The van der Waals surface area contributed by atoms with Crippen molar-refractivity contribution < 1.29 is 36.2 Å². The van der Waals surface area contributed by atoms with Crippen molar-refractivity contribution in [2.24, 2.45) is 0 Å². The summed E-state index contributed by atoms with van der Waals surface area (Å²) in [5, 5.41) is 13.9. The molecule has 0 radical (unpaired) electrons. The van der Waals surface area contributed by atoms with Crippen LogP contribution >= 0.6 is 11.6 Å². The second kappa shape index (κ2) is 12.3. The molecule has 2 fully saturated rings. The summed E-state index contributed by atoms with van der Waals surface area (Å²) in [7, 11) is -4.48. The van der Waals surface area contributed by atoms with Crippen molar-refractivity contribution in [3.05, 3.63) is 47.5 Å². The summed E-state index contributed by atoms with van der Waals surface area (Å²) in [5.41, 5.74) is -0.415. The zero-order valence-electron chi connectivity index (χ0n) is 21.8. The molecule has 0 saturated carbocycles. The molecule has 39 heavy (non-hydrogen) atoms. The van der Waals surface area contributed by atoms with Gasteiger partial charge in [-0.1, -0.05) is 17.7 Å². The Kier molecular flexibility index (Phi) is 9.44. The molecule has 2 heterocycles. The van der Waals surface area contributed by atoms with Crippen LogP contribution in [0.5, 0.6) is 11.5 Å². The molecule has 2 atom stereocenters. The van der Waals surface area contributed by atoms with Crippen molar-refractivity contribution in [3.63, 3.8) is 0 Å². The van der Waals surface area contributed by atoms with Gasteiger partial charge < -0.3 is 24.6 Å². The maximum Gasteiger partial charge on any atom is 0.243 e. The van der Waals surface area contributed by atoms with E-state index in [1.165, 1.54) is 42.7 Å². The number of aliphatic hydroxyl groups excluding tert-OH is 1. The van der Waals surface area contributed by atoms with Gasteiger partial charge in [0.2, 0.25) is 20.0 Å². The highest BCUT2D eigenvalue weighted by Crippen LogP contribution is 2.38. The Hall–Kier alpha value is -1.97. The smallest absolute Gasteiger partial charge is 0.243 e. The van der Waals surface area contributed by atoms with Crippen LogP contribution in [0.3, 0.4) is 0 Å². The third-order valence-electron chi connectivity index (χ3n) is 7.07. The lowest BCUT2D eigenvalue weighted by Gasteiger charge is -2.38. The Bertz CT molecular complexity index is 1370. The number of nitrogens with one attached hydrogen (secondary N) is 2. The molecule has 3 N–H and O–H groups in total. The number of halogens is 1. The Morgan fingerprint density at radius 2 is 1.90 bits per heavy atom. The van der Waals surface area contributed by atoms with Crippen molar-refractivity contribution in [1.29, 1.82) is 0 Å². The molecule has 0 aliphatic carbocycles. The van der Waals surface area contributed by atoms with Gasteiger partial charge in [-0.25, -0.2) is 21.6 Å². The van der Waals surface area contributed by atoms with Gasteiger partial charge >= 0.3 is 0 Å². The minimum absolute atomic E-state index is 0.00676. The summed E-state index contributed by atoms with van der Waals surface area (Å²) in [5.74, 6) is 0.754. The lowest BCUT2D eigenvalue weighted by Crippen LogP contribution is -2.47. The third-order valence-corrected chi connectivity index (χ3v) is 10.7. The zero-order valence-corrected chi connectivity index (χ0v) is 24.2. The van der Waals surface area contributed by atoms with Crippen molar-refractivity contribution in [2.45, 2.75) is 46.8 Å². The number of nitrogens with zero attached hydrogens (tertiary/aromatic N) is 1. The van der Waals surface area contributed by atoms with E-state index in [1.54, 1.807) is 18.2 Å². The number of rotatable bonds is 11. The highest BCUT2D eigenvalue weighted by Gasteiger charge is 2.44. The highest BCUT2D eigenvalue weighted by molar-refractivity contribution is 7.89. The summed E-state index contributed by atoms with van der Waals surface area (Å²) in [6, 6.07) is 10.5. The number of ether oxygens (including phenoxy) is 3. The van der Waals surface area contributed by atoms with E-state index < -0.39 is 31.8 Å². The fourth-order valence-electron chi connectivity index (χ4n) is 4.82. The molecule has 1 spiro atoms. The van der Waals surface area contributed by atoms with Gasteiger partial charge in [-0.15, -0.1) is 0 Å². The molecule has 0 amide bonds. The highest BCUT2D eigenvalue weighted by atomic mass is 35.5. The van der Waals surface area contributed by atoms with Gasteiger partial charge in [-0.2, -0.15) is 4.31 Å². The first-order chi connectivity index (χ1) is 18.5. The standard InChI is InChI=1S/C25H34ClN3O8S2/c1-27-38(31,32)21-5-3-4-20(12-21)36-17-19(30)15-28-18-14-25(37-16-18)8-10-29(11-9-25)39(33,34)22-6-7-24(35-2)23(26)13-22/h3-7,12-13,18-19,27-28,30H,8-11,14-17H2,1-2H3. The average molecular weight is 604 g/mol. The van der Waals surface area contributed by atoms with E-state index in [2.05, 4.69) is 10.0 Å². The molecule has 2 aromatic carbocycles. The lowest BCUT2D eigenvalue weighted by molar-refractivity contribution is -0.0312. The van der Waals surface area contributed by atoms with Gasteiger partial charge in [0.25, 0.3) is 0 Å². The number of sulfonamides is 2. The largest absolute Gasteiger partial charge is 0.495 e. The van der Waals surface area contributed by atoms with Crippen LogP contribution in [-0.2, 0) is 24.8 Å². The summed E-state index contributed by atoms with van der Waals surface area (Å²) < 4.78 is 70.7. The molecule has 0 aromatic heterocycles. The first-order valence-electron chi connectivity index (χ1n) is 12.5. The van der Waals surface area contributed by atoms with Crippen molar-refractivity contribution in [3.8, 4) is 11.5 Å². The lowest BCUT2D eigenvalue weighted by atomic mass is 9.88. The summed E-state index contributed by atoms with van der Waals surface area (Å²) >= 11 is 6.14. The van der Waals surface area contributed by atoms with E-state index in [4.69, 9.17) is 25.8 Å². The maximum atomic E-state index is 13.1. The van der Waals surface area contributed by atoms with Crippen LogP contribution in [0.1, 0.15) is 19.3 Å². The molecule has 2 aliphatic rings. The Labute approximate surface area is 234 Å². The summed E-state index contributed by atoms with van der Waals surface area (Å²) in [4.78, 5) is 0.206. The fraction of sp³-hybridized carbons (Fsp3) is 0.520. The van der Waals surface area contributed by atoms with Crippen LogP contribution in [-0.4, -0.2) is 91.0 Å². The van der Waals surface area contributed by atoms with Gasteiger partial charge in [0.05, 0.1) is 34.1 Å². The van der Waals surface area contributed by atoms with Crippen LogP contribution in [0.15, 0.2) is 52.3 Å². The minimum atomic E-state index is -3.69. The SMILES string of the molecule is CNS(=O)(=O)c1cccc(OCC(O)CNC2COC3(CCN(S(=O)(=O)c4ccc(OC)c(Cl)c4)CC3)C2)c1. The number of hydrogen-bond acceptors (Lipinski definition) is 9. The molecule has 4 rings (SSSR count). The van der Waals surface area contributed by atoms with Gasteiger partial charge in [0.1, 0.15) is 24.2 Å². The topological polar surface area (TPSA) is 144 Å². The fourth-order valence-corrected chi connectivity index (χ4v) is 7.37. The van der Waals surface area contributed by atoms with E-state index in [1.807, 2.05) is 0 Å². The maximum absolute atomic E-state index is 13.1. The van der Waals surface area contributed by atoms with E-state index in [0.29, 0.717) is 50.5 Å². The average Bonchev–Trinajstić information content (AvgIpc) is 3.33. The van der Waals surface area contributed by atoms with Crippen molar-refractivity contribution in [1.82, 2.24) is 14.3 Å². The van der Waals surface area contributed by atoms with Gasteiger partial charge in [-0.05, 0) is 56.6 Å². The molecular weight excluding hydrogens is 570 g/mol. The molecule has 2 saturated heterocycles. The van der Waals surface area contributed by atoms with E-state index in [-0.39, 0.29) is 34.0 Å². The molecule has 0 bridgehead atoms. The number of piperidine rings is 1. The minimum Gasteiger partial charge on any atom is -0.495 e. The first-order valence-corrected chi connectivity index (χ1v) is 15.8. The summed E-state index contributed by atoms with van der Waals surface area (Å²) in [6.45, 7) is 1.36. The van der Waals surface area contributed by atoms with E-state index in [9.17, 15) is 21.9 Å². The van der Waals surface area contributed by atoms with Crippen LogP contribution in [0.2, 0.25) is 5.02 Å². The Morgan fingerprint density at radius 3 is 2.56 bits per heavy atom. The number of hydrogen-bond donors (Lipinski definition) is 3. The molecule has 2 aromatic rings. The third kappa shape index (κ3) is 7.03. The predicted molar refractivity (Wildman–Crippen MR) is 145 cm³/mol. The second-order valence-corrected chi connectivity index (χ2v) is 13.9. The first kappa shape index (κ1) is 30.0. The normalized spacial score (nSPS) is 20.7. The Morgan fingerprint density at radius 1 is 1.15 bits per heavy atom. The number of methoxy groups -OCH3 is 1. The van der Waals surface area contributed by atoms with Crippen LogP contribution in [0, 0.1) is 0 Å². The number of aliphatic hydroxyl groups is 1. The van der Waals surface area contributed by atoms with Crippen molar-refractivity contribution in [2.75, 3.05) is 47.0 Å². The van der Waals surface area contributed by atoms with Gasteiger partial charge in [-0.3, -0.25) is 0 Å². The zero-order chi connectivity index (χ0) is 28.3. The monoisotopic (exact) mass is 603 g/mol. The molecule has 14 heteroatoms. The number of benzene rings is 2. The van der Waals surface area contributed by atoms with E-state index >= 15 is 0 Å². The van der Waals surface area contributed by atoms with Crippen LogP contribution in [0.25, 0.3) is 0 Å². The molecular formula is C25H34ClN3O8S2. The Balaban J connectivity index is 1.24. The summed E-state index contributed by atoms with van der Waals surface area (Å²) in [6.07, 6.45) is 0.999. The molecule has 2 unspecified atom stereocenters. The van der Waals surface area contributed by atoms with Crippen LogP contribution < -0.4 is 19.5 Å². The van der Waals surface area contributed by atoms with Crippen LogP contribution in [0.4, 0.5) is 0 Å². The van der Waals surface area contributed by atoms with E-state index in [0.717, 1.165) is 0 Å². The predicted octanol–water partition coefficient (Wildman–Crippen LogP) is 1.60. The molecule has 11 nitrogen and oxygen atoms in total. The van der Waals surface area contributed by atoms with Gasteiger partial charge in [0, 0.05) is 31.7 Å². The van der Waals surface area contributed by atoms with Gasteiger partial charge in [0.15, 0.2) is 0 Å².